The first kappa shape index (κ1) is 42.3. The molecule has 1 aromatic carbocycles. The van der Waals surface area contributed by atoms with Gasteiger partial charge < -0.3 is 15.5 Å². The SMILES string of the molecule is CCCCNS(=O)(=O)CC(O)C(O)[C@H](CC1CCCCC1)N[C@@H](CC(C)C)C(=O)NC(=O)C(Cc1ccccc1)CS(=O)(=O)C(C)(C)C. The Kier molecular flexibility index (Phi) is 17.2. The minimum absolute atomic E-state index is 0.00900. The predicted molar refractivity (Wildman–Crippen MR) is 190 cm³/mol. The van der Waals surface area contributed by atoms with E-state index in [2.05, 4.69) is 15.4 Å². The lowest BCUT2D eigenvalue weighted by Crippen LogP contribution is -2.57. The first-order chi connectivity index (χ1) is 22.3. The Morgan fingerprint density at radius 1 is 0.938 bits per heavy atom. The molecule has 48 heavy (non-hydrogen) atoms. The highest BCUT2D eigenvalue weighted by Crippen LogP contribution is 2.29. The van der Waals surface area contributed by atoms with Crippen LogP contribution in [0.2, 0.25) is 0 Å². The van der Waals surface area contributed by atoms with Gasteiger partial charge in [-0.05, 0) is 63.9 Å². The van der Waals surface area contributed by atoms with E-state index in [4.69, 9.17) is 0 Å². The second-order valence-corrected chi connectivity index (χ2v) is 19.6. The molecule has 2 rings (SSSR count). The highest BCUT2D eigenvalue weighted by molar-refractivity contribution is 7.92. The summed E-state index contributed by atoms with van der Waals surface area (Å²) in [5.74, 6) is -3.34. The zero-order valence-corrected chi connectivity index (χ0v) is 31.4. The second-order valence-electron chi connectivity index (χ2n) is 14.9. The molecule has 11 nitrogen and oxygen atoms in total. The zero-order valence-electron chi connectivity index (χ0n) is 29.8. The van der Waals surface area contributed by atoms with Crippen molar-refractivity contribution in [3.8, 4) is 0 Å². The highest BCUT2D eigenvalue weighted by Gasteiger charge is 2.38. The quantitative estimate of drug-likeness (QED) is 0.126. The molecule has 0 aliphatic heterocycles. The average Bonchev–Trinajstić information content (AvgIpc) is 2.99. The van der Waals surface area contributed by atoms with Gasteiger partial charge in [0.05, 0.1) is 40.4 Å². The number of aliphatic hydroxyl groups excluding tert-OH is 2. The van der Waals surface area contributed by atoms with Crippen molar-refractivity contribution >= 4 is 31.7 Å². The number of sulfone groups is 1. The highest BCUT2D eigenvalue weighted by atomic mass is 32.2. The number of amides is 2. The van der Waals surface area contributed by atoms with Gasteiger partial charge in [-0.2, -0.15) is 0 Å². The van der Waals surface area contributed by atoms with E-state index in [1.807, 2.05) is 26.8 Å². The number of unbranched alkanes of at least 4 members (excludes halogenated alkanes) is 1. The standard InChI is InChI=1S/C35H61N3O8S2/c1-7-8-19-36-48(45,46)24-31(39)32(40)29(22-27-17-13-10-14-18-27)37-30(20-25(2)3)34(42)38-33(41)28(21-26-15-11-9-12-16-26)23-47(43,44)35(4,5)6/h9,11-12,15-16,25,27-32,36-37,39-40H,7-8,10,13-14,17-24H2,1-6H3,(H,38,41,42)/t28?,29-,30-,31?,32?/m0/s1. The Morgan fingerprint density at radius 3 is 2.12 bits per heavy atom. The maximum Gasteiger partial charge on any atom is 0.243 e. The van der Waals surface area contributed by atoms with Gasteiger partial charge >= 0.3 is 0 Å². The molecule has 5 N–H and O–H groups in total. The van der Waals surface area contributed by atoms with E-state index < -0.39 is 78.1 Å². The summed E-state index contributed by atoms with van der Waals surface area (Å²) >= 11 is 0. The fourth-order valence-electron chi connectivity index (χ4n) is 6.07. The average molecular weight is 716 g/mol. The summed E-state index contributed by atoms with van der Waals surface area (Å²) in [7, 11) is -7.59. The number of carbonyl (C=O) groups is 2. The molecule has 3 unspecified atom stereocenters. The van der Waals surface area contributed by atoms with Crippen molar-refractivity contribution in [2.45, 2.75) is 135 Å². The van der Waals surface area contributed by atoms with Crippen LogP contribution in [0.5, 0.6) is 0 Å². The lowest BCUT2D eigenvalue weighted by molar-refractivity contribution is -0.134. The molecule has 5 atom stereocenters. The first-order valence-electron chi connectivity index (χ1n) is 17.6. The van der Waals surface area contributed by atoms with Crippen molar-refractivity contribution in [1.82, 2.24) is 15.4 Å². The molecule has 2 amide bonds. The number of imide groups is 1. The van der Waals surface area contributed by atoms with Gasteiger partial charge in [0.1, 0.15) is 0 Å². The van der Waals surface area contributed by atoms with Crippen LogP contribution in [0, 0.1) is 17.8 Å². The van der Waals surface area contributed by atoms with E-state index in [1.54, 1.807) is 45.0 Å². The van der Waals surface area contributed by atoms with Gasteiger partial charge in [0.15, 0.2) is 9.84 Å². The van der Waals surface area contributed by atoms with Crippen LogP contribution >= 0.6 is 0 Å². The Bertz CT molecular complexity index is 1340. The number of rotatable bonds is 20. The molecule has 0 aromatic heterocycles. The molecule has 1 fully saturated rings. The summed E-state index contributed by atoms with van der Waals surface area (Å²) in [5.41, 5.74) is 0.759. The van der Waals surface area contributed by atoms with E-state index in [0.717, 1.165) is 44.1 Å². The summed E-state index contributed by atoms with van der Waals surface area (Å²) in [6.45, 7) is 10.7. The zero-order chi connectivity index (χ0) is 36.1. The monoisotopic (exact) mass is 715 g/mol. The summed E-state index contributed by atoms with van der Waals surface area (Å²) < 4.78 is 53.0. The number of aliphatic hydroxyl groups is 2. The fourth-order valence-corrected chi connectivity index (χ4v) is 8.59. The number of benzene rings is 1. The van der Waals surface area contributed by atoms with Crippen LogP contribution in [-0.4, -0.2) is 86.0 Å². The maximum atomic E-state index is 13.8. The summed E-state index contributed by atoms with van der Waals surface area (Å²) in [6.07, 6.45) is 4.12. The fraction of sp³-hybridized carbons (Fsp3) is 0.771. The van der Waals surface area contributed by atoms with E-state index in [-0.39, 0.29) is 31.2 Å². The second kappa shape index (κ2) is 19.5. The van der Waals surface area contributed by atoms with Crippen molar-refractivity contribution < 1.29 is 36.6 Å². The van der Waals surface area contributed by atoms with Gasteiger partial charge in [0, 0.05) is 12.6 Å². The molecule has 0 radical (unpaired) electrons. The predicted octanol–water partition coefficient (Wildman–Crippen LogP) is 3.49. The van der Waals surface area contributed by atoms with Gasteiger partial charge in [-0.1, -0.05) is 89.6 Å². The van der Waals surface area contributed by atoms with Crippen LogP contribution in [-0.2, 0) is 35.9 Å². The van der Waals surface area contributed by atoms with Gasteiger partial charge in [-0.15, -0.1) is 0 Å². The van der Waals surface area contributed by atoms with Gasteiger partial charge in [0.2, 0.25) is 21.8 Å². The molecule has 0 heterocycles. The lowest BCUT2D eigenvalue weighted by Gasteiger charge is -2.35. The molecular formula is C35H61N3O8S2. The van der Waals surface area contributed by atoms with Crippen molar-refractivity contribution in [1.29, 1.82) is 0 Å². The van der Waals surface area contributed by atoms with Crippen molar-refractivity contribution in [2.75, 3.05) is 18.1 Å². The van der Waals surface area contributed by atoms with Gasteiger partial charge in [-0.3, -0.25) is 14.9 Å². The molecule has 13 heteroatoms. The molecule has 1 aliphatic rings. The van der Waals surface area contributed by atoms with Gasteiger partial charge in [-0.25, -0.2) is 21.6 Å². The summed E-state index contributed by atoms with van der Waals surface area (Å²) in [6, 6.07) is 7.22. The molecule has 0 spiro atoms. The third kappa shape index (κ3) is 14.5. The Hall–Kier alpha value is -1.90. The van der Waals surface area contributed by atoms with Crippen LogP contribution in [0.15, 0.2) is 30.3 Å². The number of carbonyl (C=O) groups excluding carboxylic acids is 2. The normalized spacial score (nSPS) is 18.2. The molecule has 1 aliphatic carbocycles. The Balaban J connectivity index is 2.33. The summed E-state index contributed by atoms with van der Waals surface area (Å²) in [4.78, 5) is 27.5. The van der Waals surface area contributed by atoms with Crippen molar-refractivity contribution in [3.05, 3.63) is 35.9 Å². The Labute approximate surface area is 289 Å². The van der Waals surface area contributed by atoms with Crippen molar-refractivity contribution in [2.24, 2.45) is 17.8 Å². The summed E-state index contributed by atoms with van der Waals surface area (Å²) in [5, 5.41) is 28.0. The van der Waals surface area contributed by atoms with Crippen molar-refractivity contribution in [3.63, 3.8) is 0 Å². The van der Waals surface area contributed by atoms with Crippen LogP contribution < -0.4 is 15.4 Å². The molecule has 276 valence electrons. The molecule has 0 bridgehead atoms. The molecule has 0 saturated heterocycles. The van der Waals surface area contributed by atoms with Crippen LogP contribution in [0.25, 0.3) is 0 Å². The molecule has 1 aromatic rings. The van der Waals surface area contributed by atoms with E-state index in [9.17, 15) is 36.6 Å². The lowest BCUT2D eigenvalue weighted by atomic mass is 9.82. The van der Waals surface area contributed by atoms with E-state index in [0.29, 0.717) is 12.8 Å². The van der Waals surface area contributed by atoms with Crippen LogP contribution in [0.1, 0.15) is 105 Å². The van der Waals surface area contributed by atoms with E-state index in [1.165, 1.54) is 0 Å². The third-order valence-electron chi connectivity index (χ3n) is 9.10. The van der Waals surface area contributed by atoms with Crippen LogP contribution in [0.4, 0.5) is 0 Å². The minimum Gasteiger partial charge on any atom is -0.389 e. The third-order valence-corrected chi connectivity index (χ3v) is 13.2. The number of sulfonamides is 1. The molecular weight excluding hydrogens is 655 g/mol. The number of hydrogen-bond donors (Lipinski definition) is 5. The van der Waals surface area contributed by atoms with Gasteiger partial charge in [0.25, 0.3) is 0 Å². The van der Waals surface area contributed by atoms with Crippen LogP contribution in [0.3, 0.4) is 0 Å². The first-order valence-corrected chi connectivity index (χ1v) is 20.9. The number of hydrogen-bond acceptors (Lipinski definition) is 9. The minimum atomic E-state index is -3.87. The number of nitrogens with one attached hydrogen (secondary N) is 3. The smallest absolute Gasteiger partial charge is 0.243 e. The Morgan fingerprint density at radius 2 is 1.56 bits per heavy atom. The van der Waals surface area contributed by atoms with E-state index >= 15 is 0 Å². The molecule has 1 saturated carbocycles. The maximum absolute atomic E-state index is 13.8. The topological polar surface area (TPSA) is 179 Å². The largest absolute Gasteiger partial charge is 0.389 e.